The molecule has 0 amide bonds. The van der Waals surface area contributed by atoms with E-state index >= 15 is 0 Å². The van der Waals surface area contributed by atoms with E-state index < -0.39 is 0 Å². The van der Waals surface area contributed by atoms with Crippen LogP contribution < -0.4 is 0 Å². The molecular weight excluding hydrogens is 647 g/mol. The minimum absolute atomic E-state index is 0.665. The van der Waals surface area contributed by atoms with Crippen LogP contribution in [0.5, 0.6) is 0 Å². The summed E-state index contributed by atoms with van der Waals surface area (Å²) < 4.78 is 4.93. The molecule has 3 aromatic heterocycles. The first-order valence-corrected chi connectivity index (χ1v) is 18.2. The van der Waals surface area contributed by atoms with E-state index in [1.807, 2.05) is 29.5 Å². The van der Waals surface area contributed by atoms with E-state index in [1.54, 1.807) is 11.3 Å². The molecular formula is C45H27N3S2. The molecule has 0 saturated carbocycles. The van der Waals surface area contributed by atoms with Gasteiger partial charge in [-0.15, -0.1) is 22.7 Å². The highest BCUT2D eigenvalue weighted by Crippen LogP contribution is 2.43. The van der Waals surface area contributed by atoms with Gasteiger partial charge in [-0.1, -0.05) is 133 Å². The maximum Gasteiger partial charge on any atom is 0.164 e. The fourth-order valence-electron chi connectivity index (χ4n) is 6.97. The second-order valence-electron chi connectivity index (χ2n) is 12.4. The summed E-state index contributed by atoms with van der Waals surface area (Å²) in [7, 11) is 0. The van der Waals surface area contributed by atoms with Crippen molar-refractivity contribution in [3.63, 3.8) is 0 Å². The van der Waals surface area contributed by atoms with Gasteiger partial charge in [-0.25, -0.2) is 15.0 Å². The standard InChI is InChI=1S/C45H27N3S2/c1-3-11-28(12-4-1)29-21-23-30(24-22-29)32-25-26-38-36(27-32)42-35(17-10-20-40(42)50-38)45-47-43(31-13-5-2-6-14-31)46-44(48-45)34-16-9-19-39-41(34)33-15-7-8-18-37(33)49-39/h1-27H. The van der Waals surface area contributed by atoms with Crippen LogP contribution in [-0.4, -0.2) is 15.0 Å². The summed E-state index contributed by atoms with van der Waals surface area (Å²) in [5.74, 6) is 2.02. The van der Waals surface area contributed by atoms with E-state index in [0.717, 1.165) is 16.7 Å². The number of benzene rings is 7. The van der Waals surface area contributed by atoms with Crippen molar-refractivity contribution in [2.24, 2.45) is 0 Å². The molecule has 10 aromatic rings. The van der Waals surface area contributed by atoms with Crippen LogP contribution in [0.2, 0.25) is 0 Å². The van der Waals surface area contributed by atoms with Crippen LogP contribution in [0.15, 0.2) is 164 Å². The van der Waals surface area contributed by atoms with Gasteiger partial charge in [-0.05, 0) is 52.6 Å². The third-order valence-corrected chi connectivity index (χ3v) is 11.6. The molecule has 0 atom stereocenters. The molecule has 0 fully saturated rings. The zero-order valence-corrected chi connectivity index (χ0v) is 28.4. The Balaban J connectivity index is 1.17. The first kappa shape index (κ1) is 29.0. The minimum atomic E-state index is 0.665. The van der Waals surface area contributed by atoms with Crippen LogP contribution in [0.4, 0.5) is 0 Å². The van der Waals surface area contributed by atoms with Crippen molar-refractivity contribution >= 4 is 63.0 Å². The van der Waals surface area contributed by atoms with Gasteiger partial charge in [0.05, 0.1) is 0 Å². The fraction of sp³-hybridized carbons (Fsp3) is 0. The van der Waals surface area contributed by atoms with Gasteiger partial charge in [0, 0.05) is 57.0 Å². The number of nitrogens with zero attached hydrogens (tertiary/aromatic N) is 3. The molecule has 7 aromatic carbocycles. The van der Waals surface area contributed by atoms with E-state index in [-0.39, 0.29) is 0 Å². The van der Waals surface area contributed by atoms with Crippen LogP contribution >= 0.6 is 22.7 Å². The molecule has 3 heterocycles. The van der Waals surface area contributed by atoms with Crippen LogP contribution in [-0.2, 0) is 0 Å². The van der Waals surface area contributed by atoms with Crippen molar-refractivity contribution < 1.29 is 0 Å². The molecule has 0 N–H and O–H groups in total. The molecule has 0 aliphatic carbocycles. The summed E-state index contributed by atoms with van der Waals surface area (Å²) in [4.78, 5) is 15.6. The monoisotopic (exact) mass is 673 g/mol. The summed E-state index contributed by atoms with van der Waals surface area (Å²) in [5.41, 5.74) is 7.79. The third-order valence-electron chi connectivity index (χ3n) is 9.37. The van der Waals surface area contributed by atoms with Crippen molar-refractivity contribution in [1.82, 2.24) is 15.0 Å². The van der Waals surface area contributed by atoms with Crippen molar-refractivity contribution in [3.05, 3.63) is 164 Å². The quantitative estimate of drug-likeness (QED) is 0.182. The lowest BCUT2D eigenvalue weighted by atomic mass is 9.98. The minimum Gasteiger partial charge on any atom is -0.208 e. The molecule has 0 spiro atoms. The maximum absolute atomic E-state index is 5.28. The van der Waals surface area contributed by atoms with E-state index in [4.69, 9.17) is 15.0 Å². The van der Waals surface area contributed by atoms with Gasteiger partial charge in [-0.3, -0.25) is 0 Å². The zero-order chi connectivity index (χ0) is 33.0. The lowest BCUT2D eigenvalue weighted by Gasteiger charge is -2.11. The number of aromatic nitrogens is 3. The van der Waals surface area contributed by atoms with E-state index in [9.17, 15) is 0 Å². The molecule has 0 bridgehead atoms. The number of hydrogen-bond donors (Lipinski definition) is 0. The van der Waals surface area contributed by atoms with Crippen LogP contribution in [0, 0.1) is 0 Å². The maximum atomic E-state index is 5.28. The summed E-state index contributed by atoms with van der Waals surface area (Å²) in [5, 5.41) is 4.79. The van der Waals surface area contributed by atoms with Crippen molar-refractivity contribution in [1.29, 1.82) is 0 Å². The van der Waals surface area contributed by atoms with Crippen LogP contribution in [0.1, 0.15) is 0 Å². The van der Waals surface area contributed by atoms with E-state index in [1.165, 1.54) is 62.6 Å². The Morgan fingerprint density at radius 3 is 1.42 bits per heavy atom. The van der Waals surface area contributed by atoms with Gasteiger partial charge in [0.1, 0.15) is 0 Å². The third kappa shape index (κ3) is 4.90. The second-order valence-corrected chi connectivity index (χ2v) is 14.6. The largest absolute Gasteiger partial charge is 0.208 e. The van der Waals surface area contributed by atoms with E-state index in [0.29, 0.717) is 17.5 Å². The Bertz CT molecular complexity index is 2850. The molecule has 0 unspecified atom stereocenters. The van der Waals surface area contributed by atoms with Crippen LogP contribution in [0.3, 0.4) is 0 Å². The Kier molecular flexibility index (Phi) is 6.86. The Morgan fingerprint density at radius 2 is 0.760 bits per heavy atom. The summed E-state index contributed by atoms with van der Waals surface area (Å²) in [6.45, 7) is 0. The first-order chi connectivity index (χ1) is 24.8. The molecule has 0 aliphatic heterocycles. The van der Waals surface area contributed by atoms with Crippen LogP contribution in [0.25, 0.3) is 96.8 Å². The lowest BCUT2D eigenvalue weighted by molar-refractivity contribution is 1.08. The average molecular weight is 674 g/mol. The van der Waals surface area contributed by atoms with Gasteiger partial charge in [0.2, 0.25) is 0 Å². The molecule has 0 aliphatic rings. The molecule has 0 radical (unpaired) electrons. The highest BCUT2D eigenvalue weighted by Gasteiger charge is 2.19. The Hall–Kier alpha value is -6.01. The van der Waals surface area contributed by atoms with Gasteiger partial charge in [0.25, 0.3) is 0 Å². The smallest absolute Gasteiger partial charge is 0.164 e. The highest BCUT2D eigenvalue weighted by molar-refractivity contribution is 7.26. The molecule has 50 heavy (non-hydrogen) atoms. The average Bonchev–Trinajstić information content (AvgIpc) is 3.77. The van der Waals surface area contributed by atoms with Gasteiger partial charge >= 0.3 is 0 Å². The number of rotatable bonds is 5. The number of thiophene rings is 2. The lowest BCUT2D eigenvalue weighted by Crippen LogP contribution is -2.00. The second kappa shape index (κ2) is 11.8. The topological polar surface area (TPSA) is 38.7 Å². The van der Waals surface area contributed by atoms with Gasteiger partial charge < -0.3 is 0 Å². The van der Waals surface area contributed by atoms with Gasteiger partial charge in [-0.2, -0.15) is 0 Å². The van der Waals surface area contributed by atoms with Crippen molar-refractivity contribution in [2.75, 3.05) is 0 Å². The number of hydrogen-bond acceptors (Lipinski definition) is 5. The predicted molar refractivity (Wildman–Crippen MR) is 213 cm³/mol. The van der Waals surface area contributed by atoms with E-state index in [2.05, 4.69) is 146 Å². The highest BCUT2D eigenvalue weighted by atomic mass is 32.1. The molecule has 3 nitrogen and oxygen atoms in total. The summed E-state index contributed by atoms with van der Waals surface area (Å²) >= 11 is 3.62. The summed E-state index contributed by atoms with van der Waals surface area (Å²) in [6.07, 6.45) is 0. The first-order valence-electron chi connectivity index (χ1n) is 16.6. The number of fused-ring (bicyclic) bond motifs is 6. The molecule has 10 rings (SSSR count). The van der Waals surface area contributed by atoms with Gasteiger partial charge in [0.15, 0.2) is 17.5 Å². The molecule has 234 valence electrons. The normalized spacial score (nSPS) is 11.6. The SMILES string of the molecule is c1ccc(-c2ccc(-c3ccc4sc5cccc(-c6nc(-c7ccccc7)nc(-c7cccc8sc9ccccc9c78)n6)c5c4c3)cc2)cc1. The molecule has 0 saturated heterocycles. The Labute approximate surface area is 296 Å². The Morgan fingerprint density at radius 1 is 0.300 bits per heavy atom. The predicted octanol–water partition coefficient (Wildman–Crippen LogP) is 12.9. The van der Waals surface area contributed by atoms with Crippen molar-refractivity contribution in [3.8, 4) is 56.4 Å². The molecule has 5 heteroatoms. The zero-order valence-electron chi connectivity index (χ0n) is 26.7. The summed E-state index contributed by atoms with van der Waals surface area (Å²) in [6, 6.07) is 57.9. The van der Waals surface area contributed by atoms with Crippen molar-refractivity contribution in [2.45, 2.75) is 0 Å². The fourth-order valence-corrected chi connectivity index (χ4v) is 9.22.